The molecule has 6 unspecified atom stereocenters. The number of aliphatic carboxylic acids is 1. The zero-order valence-electron chi connectivity index (χ0n) is 19.6. The number of carbonyl (C=O) groups excluding carboxylic acids is 5. The molecule has 0 aromatic rings. The first-order valence-electron chi connectivity index (χ1n) is 10.8. The minimum Gasteiger partial charge on any atom is -0.480 e. The second-order valence-corrected chi connectivity index (χ2v) is 8.11. The summed E-state index contributed by atoms with van der Waals surface area (Å²) in [6.45, 7) is 4.67. The number of hydrogen-bond donors (Lipinski definition) is 8. The molecule has 0 bridgehead atoms. The molecule has 194 valence electrons. The second-order valence-electron chi connectivity index (χ2n) is 8.11. The number of hydrogen-bond acceptors (Lipinski definition) is 8. The van der Waals surface area contributed by atoms with Crippen LogP contribution in [0.5, 0.6) is 0 Å². The van der Waals surface area contributed by atoms with Gasteiger partial charge in [-0.05, 0) is 25.7 Å². The van der Waals surface area contributed by atoms with Gasteiger partial charge in [-0.15, -0.1) is 0 Å². The van der Waals surface area contributed by atoms with Crippen LogP contribution in [0.3, 0.4) is 0 Å². The van der Waals surface area contributed by atoms with Gasteiger partial charge in [-0.1, -0.05) is 20.3 Å². The lowest BCUT2D eigenvalue weighted by atomic mass is 9.96. The van der Waals surface area contributed by atoms with Crippen LogP contribution in [-0.4, -0.2) is 76.0 Å². The summed E-state index contributed by atoms with van der Waals surface area (Å²) < 4.78 is 0. The number of rotatable bonds is 16. The maximum atomic E-state index is 12.9. The predicted octanol–water partition coefficient (Wildman–Crippen LogP) is -3.19. The number of primary amides is 2. The van der Waals surface area contributed by atoms with Crippen molar-refractivity contribution in [2.75, 3.05) is 0 Å². The molecule has 14 nitrogen and oxygen atoms in total. The lowest BCUT2D eigenvalue weighted by Crippen LogP contribution is -2.59. The third-order valence-electron chi connectivity index (χ3n) is 5.22. The summed E-state index contributed by atoms with van der Waals surface area (Å²) in [5, 5.41) is 25.9. The van der Waals surface area contributed by atoms with Gasteiger partial charge in [0.15, 0.2) is 0 Å². The Bertz CT molecular complexity index is 759. The summed E-state index contributed by atoms with van der Waals surface area (Å²) in [6, 6.07) is -5.28. The molecule has 0 rings (SSSR count). The molecule has 0 saturated carbocycles. The number of nitrogens with two attached hydrogens (primary N) is 3. The van der Waals surface area contributed by atoms with E-state index in [0.29, 0.717) is 6.42 Å². The topological polar surface area (TPSA) is 257 Å². The van der Waals surface area contributed by atoms with Crippen molar-refractivity contribution in [1.82, 2.24) is 16.0 Å². The van der Waals surface area contributed by atoms with Gasteiger partial charge in [0, 0.05) is 12.8 Å². The van der Waals surface area contributed by atoms with Gasteiger partial charge in [-0.2, -0.15) is 0 Å². The van der Waals surface area contributed by atoms with E-state index in [1.807, 2.05) is 0 Å². The zero-order valence-corrected chi connectivity index (χ0v) is 19.6. The zero-order chi connectivity index (χ0) is 26.6. The highest BCUT2D eigenvalue weighted by molar-refractivity contribution is 5.94. The van der Waals surface area contributed by atoms with Gasteiger partial charge < -0.3 is 43.4 Å². The molecule has 0 saturated heterocycles. The molecule has 34 heavy (non-hydrogen) atoms. The van der Waals surface area contributed by atoms with Gasteiger partial charge in [0.1, 0.15) is 24.2 Å². The molecule has 14 heteroatoms. The normalized spacial score (nSPS) is 16.1. The Kier molecular flexibility index (Phi) is 13.4. The average Bonchev–Trinajstić information content (AvgIpc) is 2.75. The summed E-state index contributed by atoms with van der Waals surface area (Å²) in [5.74, 6) is -5.83. The highest BCUT2D eigenvalue weighted by Gasteiger charge is 2.33. The fourth-order valence-electron chi connectivity index (χ4n) is 2.80. The molecule has 0 aliphatic heterocycles. The molecule has 5 amide bonds. The van der Waals surface area contributed by atoms with Crippen molar-refractivity contribution in [1.29, 1.82) is 0 Å². The largest absolute Gasteiger partial charge is 0.480 e. The van der Waals surface area contributed by atoms with Crippen LogP contribution >= 0.6 is 0 Å². The maximum Gasteiger partial charge on any atom is 0.326 e. The van der Waals surface area contributed by atoms with E-state index in [1.54, 1.807) is 13.8 Å². The molecule has 0 spiro atoms. The maximum absolute atomic E-state index is 12.9. The van der Waals surface area contributed by atoms with E-state index in [2.05, 4.69) is 16.0 Å². The van der Waals surface area contributed by atoms with Crippen LogP contribution in [0.25, 0.3) is 0 Å². The van der Waals surface area contributed by atoms with Crippen molar-refractivity contribution in [3.05, 3.63) is 0 Å². The predicted molar refractivity (Wildman–Crippen MR) is 119 cm³/mol. The van der Waals surface area contributed by atoms with E-state index in [1.165, 1.54) is 6.92 Å². The lowest BCUT2D eigenvalue weighted by molar-refractivity contribution is -0.143. The minimum absolute atomic E-state index is 0.204. The van der Waals surface area contributed by atoms with Crippen molar-refractivity contribution in [2.24, 2.45) is 23.1 Å². The van der Waals surface area contributed by atoms with E-state index in [0.717, 1.165) is 0 Å². The SMILES string of the molecule is CCC(C)C(NC(=O)C(CCC(N)=O)NC(=O)C(N)C(C)O)C(=O)NC(CCC(N)=O)C(=O)O. The lowest BCUT2D eigenvalue weighted by Gasteiger charge is -2.28. The first-order valence-corrected chi connectivity index (χ1v) is 10.8. The molecule has 0 aliphatic rings. The molecule has 0 fully saturated rings. The van der Waals surface area contributed by atoms with Crippen molar-refractivity contribution in [3.63, 3.8) is 0 Å². The van der Waals surface area contributed by atoms with E-state index in [-0.39, 0.29) is 25.7 Å². The highest BCUT2D eigenvalue weighted by atomic mass is 16.4. The number of carboxylic acids is 1. The fraction of sp³-hybridized carbons (Fsp3) is 0.700. The number of nitrogens with one attached hydrogen (secondary N) is 3. The third-order valence-corrected chi connectivity index (χ3v) is 5.22. The number of carbonyl (C=O) groups is 6. The van der Waals surface area contributed by atoms with E-state index < -0.39 is 71.7 Å². The molecule has 11 N–H and O–H groups in total. The van der Waals surface area contributed by atoms with E-state index >= 15 is 0 Å². The Morgan fingerprint density at radius 2 is 1.26 bits per heavy atom. The summed E-state index contributed by atoms with van der Waals surface area (Å²) in [4.78, 5) is 71.6. The van der Waals surface area contributed by atoms with Crippen molar-refractivity contribution in [3.8, 4) is 0 Å². The Labute approximate surface area is 197 Å². The van der Waals surface area contributed by atoms with Crippen LogP contribution in [0.15, 0.2) is 0 Å². The van der Waals surface area contributed by atoms with Crippen LogP contribution in [0.1, 0.15) is 52.9 Å². The molecular formula is C20H36N6O8. The quantitative estimate of drug-likeness (QED) is 0.109. The summed E-state index contributed by atoms with van der Waals surface area (Å²) in [5.41, 5.74) is 15.7. The van der Waals surface area contributed by atoms with Gasteiger partial charge in [-0.25, -0.2) is 4.79 Å². The number of aliphatic hydroxyl groups excluding tert-OH is 1. The van der Waals surface area contributed by atoms with Crippen LogP contribution in [0.2, 0.25) is 0 Å². The van der Waals surface area contributed by atoms with E-state index in [4.69, 9.17) is 17.2 Å². The van der Waals surface area contributed by atoms with Gasteiger partial charge in [0.25, 0.3) is 0 Å². The highest BCUT2D eigenvalue weighted by Crippen LogP contribution is 2.11. The molecule has 0 aromatic heterocycles. The van der Waals surface area contributed by atoms with E-state index in [9.17, 15) is 39.0 Å². The monoisotopic (exact) mass is 488 g/mol. The minimum atomic E-state index is -1.42. The van der Waals surface area contributed by atoms with Gasteiger partial charge in [0.2, 0.25) is 29.5 Å². The smallest absolute Gasteiger partial charge is 0.326 e. The summed E-state index contributed by atoms with van der Waals surface area (Å²) >= 11 is 0. The van der Waals surface area contributed by atoms with Crippen molar-refractivity contribution >= 4 is 35.5 Å². The number of amides is 5. The van der Waals surface area contributed by atoms with Gasteiger partial charge in [0.05, 0.1) is 6.10 Å². The van der Waals surface area contributed by atoms with Crippen LogP contribution in [-0.2, 0) is 28.8 Å². The molecule has 0 radical (unpaired) electrons. The molecule has 0 heterocycles. The fourth-order valence-corrected chi connectivity index (χ4v) is 2.80. The van der Waals surface area contributed by atoms with Crippen LogP contribution in [0.4, 0.5) is 0 Å². The Morgan fingerprint density at radius 3 is 1.68 bits per heavy atom. The van der Waals surface area contributed by atoms with Crippen molar-refractivity contribution in [2.45, 2.75) is 83.1 Å². The standard InChI is InChI=1S/C20H36N6O8/c1-4-9(2)16(19(32)25-12(20(33)34)6-8-14(22)29)26-17(30)11(5-7-13(21)28)24-18(31)15(23)10(3)27/h9-12,15-16,27H,4-8,23H2,1-3H3,(H2,21,28)(H2,22,29)(H,24,31)(H,25,32)(H,26,30)(H,33,34). The Hall–Kier alpha value is -3.26. The number of carboxylic acid groups (broad SMARTS) is 1. The number of aliphatic hydroxyl groups is 1. The summed E-state index contributed by atoms with van der Waals surface area (Å²) in [7, 11) is 0. The average molecular weight is 489 g/mol. The Morgan fingerprint density at radius 1 is 0.794 bits per heavy atom. The van der Waals surface area contributed by atoms with Gasteiger partial charge in [-0.3, -0.25) is 24.0 Å². The van der Waals surface area contributed by atoms with Crippen LogP contribution < -0.4 is 33.2 Å². The third kappa shape index (κ3) is 11.0. The molecule has 6 atom stereocenters. The first-order chi connectivity index (χ1) is 15.7. The van der Waals surface area contributed by atoms with Gasteiger partial charge >= 0.3 is 5.97 Å². The second kappa shape index (κ2) is 14.8. The van der Waals surface area contributed by atoms with Crippen LogP contribution in [0, 0.1) is 5.92 Å². The van der Waals surface area contributed by atoms with Crippen molar-refractivity contribution < 1.29 is 39.0 Å². The molecule has 0 aromatic carbocycles. The molecular weight excluding hydrogens is 452 g/mol. The Balaban J connectivity index is 5.62. The molecule has 0 aliphatic carbocycles. The summed E-state index contributed by atoms with van der Waals surface area (Å²) in [6.07, 6.45) is -1.79. The first kappa shape index (κ1) is 30.7.